The number of fused-ring (bicyclic) bond motifs is 2. The van der Waals surface area contributed by atoms with E-state index in [0.29, 0.717) is 12.0 Å². The van der Waals surface area contributed by atoms with Gasteiger partial charge in [-0.2, -0.15) is 0 Å². The van der Waals surface area contributed by atoms with Crippen LogP contribution in [0, 0.1) is 5.92 Å². The van der Waals surface area contributed by atoms with Gasteiger partial charge in [-0.25, -0.2) is 0 Å². The van der Waals surface area contributed by atoms with Crippen molar-refractivity contribution in [2.45, 2.75) is 19.6 Å². The lowest BCUT2D eigenvalue weighted by atomic mass is 10.1. The molecule has 2 aliphatic heterocycles. The number of ether oxygens (including phenoxy) is 1. The van der Waals surface area contributed by atoms with E-state index in [1.165, 1.54) is 11.9 Å². The number of aromatic nitrogens is 1. The monoisotopic (exact) mass is 311 g/mol. The Morgan fingerprint density at radius 3 is 2.87 bits per heavy atom. The third kappa shape index (κ3) is 3.25. The van der Waals surface area contributed by atoms with Gasteiger partial charge in [-0.3, -0.25) is 9.88 Å². The van der Waals surface area contributed by atoms with Gasteiger partial charge < -0.3 is 9.64 Å². The fraction of sp³-hybridized carbons (Fsp3) is 0.526. The topological polar surface area (TPSA) is 28.6 Å². The Bertz CT molecular complexity index is 674. The number of hydrogen-bond acceptors (Lipinski definition) is 4. The third-order valence-corrected chi connectivity index (χ3v) is 5.18. The predicted molar refractivity (Wildman–Crippen MR) is 92.4 cm³/mol. The molecule has 4 rings (SSSR count). The van der Waals surface area contributed by atoms with Crippen molar-refractivity contribution in [1.82, 2.24) is 14.8 Å². The molecular weight excluding hydrogens is 286 g/mol. The van der Waals surface area contributed by atoms with E-state index < -0.39 is 0 Å². The van der Waals surface area contributed by atoms with Crippen LogP contribution < -0.4 is 0 Å². The number of pyridine rings is 1. The first-order valence-electron chi connectivity index (χ1n) is 8.73. The third-order valence-electron chi connectivity index (χ3n) is 5.18. The highest BCUT2D eigenvalue weighted by Crippen LogP contribution is 2.25. The molecule has 0 unspecified atom stereocenters. The number of hydrogen-bond donors (Lipinski definition) is 0. The molecule has 0 bridgehead atoms. The number of likely N-dealkylation sites (tertiary alicyclic amines) is 1. The van der Waals surface area contributed by atoms with Gasteiger partial charge in [-0.05, 0) is 18.7 Å². The molecule has 2 fully saturated rings. The fourth-order valence-corrected chi connectivity index (χ4v) is 3.89. The van der Waals surface area contributed by atoms with Crippen molar-refractivity contribution in [3.63, 3.8) is 0 Å². The molecule has 2 aliphatic rings. The zero-order valence-corrected chi connectivity index (χ0v) is 13.8. The summed E-state index contributed by atoms with van der Waals surface area (Å²) in [6, 6.07) is 12.7. The lowest BCUT2D eigenvalue weighted by Crippen LogP contribution is -2.32. The highest BCUT2D eigenvalue weighted by molar-refractivity contribution is 5.78. The van der Waals surface area contributed by atoms with E-state index in [2.05, 4.69) is 53.1 Å². The van der Waals surface area contributed by atoms with Crippen molar-refractivity contribution in [3.8, 4) is 0 Å². The molecule has 23 heavy (non-hydrogen) atoms. The summed E-state index contributed by atoms with van der Waals surface area (Å²) < 4.78 is 6.09. The maximum Gasteiger partial charge on any atom is 0.0755 e. The second kappa shape index (κ2) is 6.56. The highest BCUT2D eigenvalue weighted by atomic mass is 16.5. The number of benzene rings is 1. The molecule has 2 aromatic rings. The summed E-state index contributed by atoms with van der Waals surface area (Å²) in [4.78, 5) is 9.83. The van der Waals surface area contributed by atoms with Crippen LogP contribution in [-0.2, 0) is 11.3 Å². The molecule has 1 aromatic carbocycles. The van der Waals surface area contributed by atoms with Crippen molar-refractivity contribution in [3.05, 3.63) is 42.1 Å². The maximum absolute atomic E-state index is 6.09. The van der Waals surface area contributed by atoms with Gasteiger partial charge in [0.15, 0.2) is 0 Å². The van der Waals surface area contributed by atoms with Crippen LogP contribution in [0.3, 0.4) is 0 Å². The number of para-hydroxylation sites is 1. The normalized spacial score (nSPS) is 26.3. The van der Waals surface area contributed by atoms with E-state index in [4.69, 9.17) is 9.72 Å². The Balaban J connectivity index is 1.45. The second-order valence-corrected chi connectivity index (χ2v) is 6.75. The predicted octanol–water partition coefficient (Wildman–Crippen LogP) is 2.39. The maximum atomic E-state index is 6.09. The Labute approximate surface area is 138 Å². The molecule has 4 nitrogen and oxygen atoms in total. The molecule has 2 atom stereocenters. The minimum absolute atomic E-state index is 0.395. The first kappa shape index (κ1) is 15.1. The molecule has 0 radical (unpaired) electrons. The van der Waals surface area contributed by atoms with Crippen LogP contribution in [0.25, 0.3) is 10.9 Å². The molecule has 0 N–H and O–H groups in total. The molecule has 0 amide bonds. The molecule has 122 valence electrons. The van der Waals surface area contributed by atoms with Gasteiger partial charge in [-0.1, -0.05) is 31.2 Å². The van der Waals surface area contributed by atoms with Crippen LogP contribution >= 0.6 is 0 Å². The first-order valence-corrected chi connectivity index (χ1v) is 8.73. The molecular formula is C19H25N3O. The minimum atomic E-state index is 0.395. The van der Waals surface area contributed by atoms with E-state index in [9.17, 15) is 0 Å². The van der Waals surface area contributed by atoms with Gasteiger partial charge in [0.1, 0.15) is 0 Å². The average molecular weight is 311 g/mol. The van der Waals surface area contributed by atoms with Gasteiger partial charge in [-0.15, -0.1) is 0 Å². The molecule has 2 saturated heterocycles. The summed E-state index contributed by atoms with van der Waals surface area (Å²) in [6.07, 6.45) is 0.395. The van der Waals surface area contributed by atoms with Crippen LogP contribution in [0.15, 0.2) is 36.4 Å². The quantitative estimate of drug-likeness (QED) is 0.870. The average Bonchev–Trinajstić information content (AvgIpc) is 2.84. The van der Waals surface area contributed by atoms with Crippen LogP contribution in [0.4, 0.5) is 0 Å². The van der Waals surface area contributed by atoms with Gasteiger partial charge in [0.25, 0.3) is 0 Å². The number of likely N-dealkylation sites (N-methyl/N-ethyl adjacent to an activating group) is 1. The van der Waals surface area contributed by atoms with Crippen molar-refractivity contribution in [2.24, 2.45) is 5.92 Å². The minimum Gasteiger partial charge on any atom is -0.375 e. The van der Waals surface area contributed by atoms with Gasteiger partial charge in [0.05, 0.1) is 23.9 Å². The summed E-state index contributed by atoms with van der Waals surface area (Å²) in [7, 11) is 0. The van der Waals surface area contributed by atoms with E-state index in [1.807, 2.05) is 0 Å². The van der Waals surface area contributed by atoms with Crippen LogP contribution in [0.1, 0.15) is 12.6 Å². The smallest absolute Gasteiger partial charge is 0.0755 e. The Hall–Kier alpha value is -1.49. The summed E-state index contributed by atoms with van der Waals surface area (Å²) >= 11 is 0. The molecule has 0 saturated carbocycles. The highest BCUT2D eigenvalue weighted by Gasteiger charge is 2.36. The number of rotatable bonds is 3. The molecule has 3 heterocycles. The molecule has 0 spiro atoms. The summed E-state index contributed by atoms with van der Waals surface area (Å²) in [5, 5.41) is 1.21. The van der Waals surface area contributed by atoms with Gasteiger partial charge >= 0.3 is 0 Å². The molecule has 0 aliphatic carbocycles. The fourth-order valence-electron chi connectivity index (χ4n) is 3.89. The Kier molecular flexibility index (Phi) is 4.29. The summed E-state index contributed by atoms with van der Waals surface area (Å²) in [6.45, 7) is 9.57. The summed E-state index contributed by atoms with van der Waals surface area (Å²) in [5.41, 5.74) is 2.25. The lowest BCUT2D eigenvalue weighted by molar-refractivity contribution is 0.0511. The van der Waals surface area contributed by atoms with Crippen LogP contribution in [0.5, 0.6) is 0 Å². The Morgan fingerprint density at radius 1 is 1.09 bits per heavy atom. The Morgan fingerprint density at radius 2 is 1.96 bits per heavy atom. The van der Waals surface area contributed by atoms with Crippen LogP contribution in [0.2, 0.25) is 0 Å². The first-order chi connectivity index (χ1) is 11.3. The second-order valence-electron chi connectivity index (χ2n) is 6.75. The van der Waals surface area contributed by atoms with Gasteiger partial charge in [0, 0.05) is 44.0 Å². The van der Waals surface area contributed by atoms with Crippen LogP contribution in [-0.4, -0.2) is 60.2 Å². The van der Waals surface area contributed by atoms with Crippen molar-refractivity contribution in [2.75, 3.05) is 39.3 Å². The van der Waals surface area contributed by atoms with E-state index in [-0.39, 0.29) is 0 Å². The standard InChI is InChI=1S/C19H25N3O/c1-2-21-9-10-23-19-14-22(12-16(19)11-21)13-17-8-7-15-5-3-4-6-18(15)20-17/h3-8,16,19H,2,9-14H2,1H3/t16-,19+/m0/s1. The zero-order chi connectivity index (χ0) is 15.6. The van der Waals surface area contributed by atoms with Crippen molar-refractivity contribution < 1.29 is 4.74 Å². The molecule has 4 heteroatoms. The zero-order valence-electron chi connectivity index (χ0n) is 13.8. The van der Waals surface area contributed by atoms with E-state index in [0.717, 1.165) is 50.5 Å². The van der Waals surface area contributed by atoms with Crippen molar-refractivity contribution in [1.29, 1.82) is 0 Å². The lowest BCUT2D eigenvalue weighted by Gasteiger charge is -2.21. The van der Waals surface area contributed by atoms with E-state index in [1.54, 1.807) is 0 Å². The molecule has 1 aromatic heterocycles. The van der Waals surface area contributed by atoms with Gasteiger partial charge in [0.2, 0.25) is 0 Å². The summed E-state index contributed by atoms with van der Waals surface area (Å²) in [5.74, 6) is 0.637. The van der Waals surface area contributed by atoms with Crippen molar-refractivity contribution >= 4 is 10.9 Å². The van der Waals surface area contributed by atoms with E-state index >= 15 is 0 Å². The SMILES string of the molecule is CCN1CCO[C@@H]2CN(Cc3ccc4ccccc4n3)C[C@@H]2C1. The number of nitrogens with zero attached hydrogens (tertiary/aromatic N) is 3. The largest absolute Gasteiger partial charge is 0.375 e.